The van der Waals surface area contributed by atoms with E-state index in [4.69, 9.17) is 9.94 Å². The second-order valence-electron chi connectivity index (χ2n) is 4.69. The summed E-state index contributed by atoms with van der Waals surface area (Å²) in [6.07, 6.45) is 7.91. The molecule has 1 heterocycles. The number of aliphatic carboxylic acids is 1. The molecule has 6 nitrogen and oxygen atoms in total. The zero-order chi connectivity index (χ0) is 15.6. The number of carboxylic acids is 1. The van der Waals surface area contributed by atoms with Gasteiger partial charge < -0.3 is 9.67 Å². The lowest BCUT2D eigenvalue weighted by atomic mass is 10.1. The molecule has 0 spiro atoms. The van der Waals surface area contributed by atoms with E-state index in [1.165, 1.54) is 0 Å². The van der Waals surface area contributed by atoms with Gasteiger partial charge in [0.25, 0.3) is 0 Å². The molecule has 0 saturated heterocycles. The van der Waals surface area contributed by atoms with Gasteiger partial charge in [-0.2, -0.15) is 0 Å². The van der Waals surface area contributed by atoms with Crippen LogP contribution < -0.4 is 5.48 Å². The van der Waals surface area contributed by atoms with Crippen LogP contribution in [0.25, 0.3) is 5.70 Å². The van der Waals surface area contributed by atoms with Gasteiger partial charge in [-0.1, -0.05) is 30.3 Å². The maximum absolute atomic E-state index is 10.5. The molecule has 0 fully saturated rings. The van der Waals surface area contributed by atoms with Gasteiger partial charge in [0.2, 0.25) is 0 Å². The number of allylic oxidation sites excluding steroid dienone is 1. The lowest BCUT2D eigenvalue weighted by molar-refractivity contribution is -0.137. The SMILES string of the molecule is O=C(O)CCCONC(=CCn1ccnc1)c1ccccc1. The Kier molecular flexibility index (Phi) is 6.19. The van der Waals surface area contributed by atoms with E-state index in [-0.39, 0.29) is 6.42 Å². The molecule has 1 aromatic heterocycles. The standard InChI is InChI=1S/C16H19N3O3/c20-16(21)7-4-12-22-18-15(14-5-2-1-3-6-14)8-10-19-11-9-17-13-19/h1-3,5-6,8-9,11,13,18H,4,7,10,12H2,(H,20,21). The summed E-state index contributed by atoms with van der Waals surface area (Å²) in [7, 11) is 0. The Morgan fingerprint density at radius 1 is 1.36 bits per heavy atom. The molecule has 0 radical (unpaired) electrons. The van der Waals surface area contributed by atoms with Crippen molar-refractivity contribution in [1.82, 2.24) is 15.0 Å². The van der Waals surface area contributed by atoms with Crippen LogP contribution in [-0.2, 0) is 16.2 Å². The molecule has 6 heteroatoms. The minimum Gasteiger partial charge on any atom is -0.481 e. The first-order valence-electron chi connectivity index (χ1n) is 7.06. The van der Waals surface area contributed by atoms with Crippen molar-refractivity contribution in [2.75, 3.05) is 6.61 Å². The normalized spacial score (nSPS) is 11.4. The third-order valence-electron chi connectivity index (χ3n) is 2.97. The van der Waals surface area contributed by atoms with Crippen LogP contribution in [0.2, 0.25) is 0 Å². The minimum absolute atomic E-state index is 0.0983. The Balaban J connectivity index is 1.93. The number of benzene rings is 1. The Morgan fingerprint density at radius 3 is 2.86 bits per heavy atom. The van der Waals surface area contributed by atoms with Crippen LogP contribution in [0, 0.1) is 0 Å². The van der Waals surface area contributed by atoms with Crippen molar-refractivity contribution in [1.29, 1.82) is 0 Å². The zero-order valence-electron chi connectivity index (χ0n) is 12.2. The summed E-state index contributed by atoms with van der Waals surface area (Å²) in [5.41, 5.74) is 4.75. The Morgan fingerprint density at radius 2 is 2.18 bits per heavy atom. The number of nitrogens with zero attached hydrogens (tertiary/aromatic N) is 2. The van der Waals surface area contributed by atoms with Crippen molar-refractivity contribution in [2.24, 2.45) is 0 Å². The van der Waals surface area contributed by atoms with Crippen molar-refractivity contribution in [3.8, 4) is 0 Å². The molecule has 22 heavy (non-hydrogen) atoms. The van der Waals surface area contributed by atoms with E-state index >= 15 is 0 Å². The van der Waals surface area contributed by atoms with Gasteiger partial charge in [-0.3, -0.25) is 15.1 Å². The van der Waals surface area contributed by atoms with E-state index in [1.807, 2.05) is 47.2 Å². The molecular formula is C16H19N3O3. The van der Waals surface area contributed by atoms with Crippen LogP contribution in [0.5, 0.6) is 0 Å². The highest BCUT2D eigenvalue weighted by Gasteiger charge is 2.02. The molecule has 2 aromatic rings. The van der Waals surface area contributed by atoms with Crippen LogP contribution in [0.1, 0.15) is 18.4 Å². The molecule has 0 bridgehead atoms. The van der Waals surface area contributed by atoms with Crippen LogP contribution in [0.15, 0.2) is 55.1 Å². The lowest BCUT2D eigenvalue weighted by Crippen LogP contribution is -2.15. The quantitative estimate of drug-likeness (QED) is 0.549. The first-order valence-corrected chi connectivity index (χ1v) is 7.06. The highest BCUT2D eigenvalue weighted by atomic mass is 16.6. The van der Waals surface area contributed by atoms with E-state index in [2.05, 4.69) is 10.5 Å². The number of carbonyl (C=O) groups is 1. The largest absolute Gasteiger partial charge is 0.481 e. The van der Waals surface area contributed by atoms with E-state index in [1.54, 1.807) is 12.5 Å². The monoisotopic (exact) mass is 301 g/mol. The number of nitrogens with one attached hydrogen (secondary N) is 1. The first-order chi connectivity index (χ1) is 10.8. The Labute approximate surface area is 129 Å². The lowest BCUT2D eigenvalue weighted by Gasteiger charge is -2.11. The molecule has 0 saturated carbocycles. The van der Waals surface area contributed by atoms with Gasteiger partial charge in [0, 0.05) is 25.4 Å². The summed E-state index contributed by atoms with van der Waals surface area (Å²) in [6, 6.07) is 9.81. The average molecular weight is 301 g/mol. The Hall–Kier alpha value is -2.60. The third-order valence-corrected chi connectivity index (χ3v) is 2.97. The summed E-state index contributed by atoms with van der Waals surface area (Å²) < 4.78 is 1.94. The summed E-state index contributed by atoms with van der Waals surface area (Å²) in [4.78, 5) is 19.8. The molecule has 0 aliphatic rings. The second-order valence-corrected chi connectivity index (χ2v) is 4.69. The fourth-order valence-corrected chi connectivity index (χ4v) is 1.85. The number of hydrogen-bond acceptors (Lipinski definition) is 4. The number of aromatic nitrogens is 2. The van der Waals surface area contributed by atoms with E-state index in [0.717, 1.165) is 11.3 Å². The number of carboxylic acid groups (broad SMARTS) is 1. The van der Waals surface area contributed by atoms with Crippen LogP contribution in [-0.4, -0.2) is 27.2 Å². The van der Waals surface area contributed by atoms with Crippen molar-refractivity contribution >= 4 is 11.7 Å². The average Bonchev–Trinajstić information content (AvgIpc) is 3.04. The maximum atomic E-state index is 10.5. The van der Waals surface area contributed by atoms with Gasteiger partial charge in [-0.25, -0.2) is 4.98 Å². The van der Waals surface area contributed by atoms with Gasteiger partial charge in [-0.05, 0) is 18.1 Å². The van der Waals surface area contributed by atoms with Crippen molar-refractivity contribution < 1.29 is 14.7 Å². The van der Waals surface area contributed by atoms with Crippen LogP contribution in [0.3, 0.4) is 0 Å². The number of hydroxylamine groups is 1. The van der Waals surface area contributed by atoms with E-state index in [0.29, 0.717) is 19.6 Å². The predicted octanol–water partition coefficient (Wildman–Crippen LogP) is 2.31. The summed E-state index contributed by atoms with van der Waals surface area (Å²) in [6.45, 7) is 0.997. The number of hydrogen-bond donors (Lipinski definition) is 2. The summed E-state index contributed by atoms with van der Waals surface area (Å²) in [5.74, 6) is -0.817. The molecule has 0 aliphatic heterocycles. The fourth-order valence-electron chi connectivity index (χ4n) is 1.85. The molecule has 2 N–H and O–H groups in total. The van der Waals surface area contributed by atoms with Crippen LogP contribution >= 0.6 is 0 Å². The third kappa shape index (κ3) is 5.41. The van der Waals surface area contributed by atoms with Gasteiger partial charge in [0.05, 0.1) is 18.6 Å². The summed E-state index contributed by atoms with van der Waals surface area (Å²) >= 11 is 0. The molecule has 116 valence electrons. The highest BCUT2D eigenvalue weighted by molar-refractivity contribution is 5.66. The van der Waals surface area contributed by atoms with Crippen LogP contribution in [0.4, 0.5) is 0 Å². The van der Waals surface area contributed by atoms with Crippen molar-refractivity contribution in [2.45, 2.75) is 19.4 Å². The predicted molar refractivity (Wildman–Crippen MR) is 82.6 cm³/mol. The molecule has 0 atom stereocenters. The molecule has 0 aliphatic carbocycles. The smallest absolute Gasteiger partial charge is 0.303 e. The van der Waals surface area contributed by atoms with Gasteiger partial charge in [0.1, 0.15) is 0 Å². The highest BCUT2D eigenvalue weighted by Crippen LogP contribution is 2.11. The minimum atomic E-state index is -0.817. The number of imidazole rings is 1. The molecular weight excluding hydrogens is 282 g/mol. The van der Waals surface area contributed by atoms with Gasteiger partial charge in [-0.15, -0.1) is 0 Å². The van der Waals surface area contributed by atoms with E-state index in [9.17, 15) is 4.79 Å². The fraction of sp³-hybridized carbons (Fsp3) is 0.250. The first kappa shape index (κ1) is 15.8. The van der Waals surface area contributed by atoms with Crippen molar-refractivity contribution in [3.63, 3.8) is 0 Å². The topological polar surface area (TPSA) is 76.4 Å². The second kappa shape index (κ2) is 8.63. The molecule has 2 rings (SSSR count). The molecule has 1 aromatic carbocycles. The number of rotatable bonds is 9. The zero-order valence-corrected chi connectivity index (χ0v) is 12.2. The van der Waals surface area contributed by atoms with Crippen molar-refractivity contribution in [3.05, 3.63) is 60.7 Å². The Bertz CT molecular complexity index is 594. The molecule has 0 amide bonds. The summed E-state index contributed by atoms with van der Waals surface area (Å²) in [5, 5.41) is 8.59. The van der Waals surface area contributed by atoms with Gasteiger partial charge in [0.15, 0.2) is 0 Å². The maximum Gasteiger partial charge on any atom is 0.303 e. The van der Waals surface area contributed by atoms with Gasteiger partial charge >= 0.3 is 5.97 Å². The molecule has 0 unspecified atom stereocenters. The van der Waals surface area contributed by atoms with E-state index < -0.39 is 5.97 Å².